The van der Waals surface area contributed by atoms with Crippen molar-refractivity contribution in [1.29, 1.82) is 0 Å². The van der Waals surface area contributed by atoms with Crippen LogP contribution in [0.3, 0.4) is 0 Å². The number of nitrogens with two attached hydrogens (primary N) is 1. The Morgan fingerprint density at radius 1 is 1.56 bits per heavy atom. The number of carbonyl (C=O) groups is 1. The van der Waals surface area contributed by atoms with Crippen molar-refractivity contribution in [2.45, 2.75) is 6.92 Å². The predicted octanol–water partition coefficient (Wildman–Crippen LogP) is 3.08. The molecule has 0 aliphatic carbocycles. The lowest BCUT2D eigenvalue weighted by molar-refractivity contribution is 0.103. The lowest BCUT2D eigenvalue weighted by Gasteiger charge is -2.04. The minimum Gasteiger partial charge on any atom is -0.375 e. The molecule has 94 valence electrons. The van der Waals surface area contributed by atoms with Crippen LogP contribution in [0.1, 0.15) is 15.4 Å². The van der Waals surface area contributed by atoms with Gasteiger partial charge in [-0.15, -0.1) is 0 Å². The van der Waals surface area contributed by atoms with Crippen molar-refractivity contribution in [3.63, 3.8) is 0 Å². The third-order valence-corrected chi connectivity index (χ3v) is 3.49. The van der Waals surface area contributed by atoms with Crippen LogP contribution in [-0.4, -0.2) is 10.9 Å². The Hall–Kier alpha value is -1.66. The van der Waals surface area contributed by atoms with Crippen molar-refractivity contribution >= 4 is 39.7 Å². The van der Waals surface area contributed by atoms with E-state index in [1.165, 1.54) is 12.1 Å². The van der Waals surface area contributed by atoms with E-state index in [0.29, 0.717) is 21.4 Å². The van der Waals surface area contributed by atoms with E-state index in [-0.39, 0.29) is 10.9 Å². The molecule has 0 spiro atoms. The van der Waals surface area contributed by atoms with Gasteiger partial charge in [-0.05, 0) is 25.1 Å². The van der Waals surface area contributed by atoms with Gasteiger partial charge in [0.2, 0.25) is 0 Å². The average molecular weight is 286 g/mol. The Bertz CT molecular complexity index is 614. The van der Waals surface area contributed by atoms with Gasteiger partial charge in [-0.3, -0.25) is 4.79 Å². The summed E-state index contributed by atoms with van der Waals surface area (Å²) in [6.45, 7) is 1.68. The molecule has 2 rings (SSSR count). The zero-order valence-electron chi connectivity index (χ0n) is 9.33. The molecule has 4 nitrogen and oxygen atoms in total. The number of amides is 1. The van der Waals surface area contributed by atoms with Crippen LogP contribution in [0.15, 0.2) is 18.2 Å². The van der Waals surface area contributed by atoms with Crippen molar-refractivity contribution in [1.82, 2.24) is 4.98 Å². The quantitative estimate of drug-likeness (QED) is 0.891. The van der Waals surface area contributed by atoms with E-state index >= 15 is 0 Å². The summed E-state index contributed by atoms with van der Waals surface area (Å²) in [6.07, 6.45) is 0. The minimum absolute atomic E-state index is 0.00575. The summed E-state index contributed by atoms with van der Waals surface area (Å²) in [5.41, 5.74) is 6.38. The Morgan fingerprint density at radius 2 is 2.28 bits per heavy atom. The standard InChI is InChI=1S/C11H9ClFN3OS/c1-5-9(18-11(14)15-5)10(17)16-6-2-3-7(12)8(13)4-6/h2-4H,1H3,(H2,14,15)(H,16,17). The Balaban J connectivity index is 2.21. The van der Waals surface area contributed by atoms with Crippen LogP contribution >= 0.6 is 22.9 Å². The third kappa shape index (κ3) is 2.60. The first kappa shape index (κ1) is 12.8. The van der Waals surface area contributed by atoms with E-state index in [1.807, 2.05) is 0 Å². The first-order chi connectivity index (χ1) is 8.47. The fourth-order valence-electron chi connectivity index (χ4n) is 1.39. The zero-order valence-corrected chi connectivity index (χ0v) is 10.9. The highest BCUT2D eigenvalue weighted by Gasteiger charge is 2.14. The monoisotopic (exact) mass is 285 g/mol. The predicted molar refractivity (Wildman–Crippen MR) is 70.6 cm³/mol. The molecule has 1 aromatic heterocycles. The molecule has 0 bridgehead atoms. The summed E-state index contributed by atoms with van der Waals surface area (Å²) >= 11 is 6.63. The normalized spacial score (nSPS) is 10.4. The van der Waals surface area contributed by atoms with Crippen LogP contribution in [0, 0.1) is 12.7 Å². The van der Waals surface area contributed by atoms with Crippen LogP contribution < -0.4 is 11.1 Å². The fraction of sp³-hybridized carbons (Fsp3) is 0.0909. The molecule has 1 aromatic carbocycles. The first-order valence-electron chi connectivity index (χ1n) is 4.96. The lowest BCUT2D eigenvalue weighted by atomic mass is 10.3. The number of nitrogens with one attached hydrogen (secondary N) is 1. The van der Waals surface area contributed by atoms with Crippen LogP contribution in [0.25, 0.3) is 0 Å². The summed E-state index contributed by atoms with van der Waals surface area (Å²) in [5, 5.41) is 2.88. The van der Waals surface area contributed by atoms with E-state index in [0.717, 1.165) is 17.4 Å². The van der Waals surface area contributed by atoms with Crippen LogP contribution in [0.2, 0.25) is 5.02 Å². The molecule has 0 aliphatic heterocycles. The van der Waals surface area contributed by atoms with E-state index in [1.54, 1.807) is 6.92 Å². The summed E-state index contributed by atoms with van der Waals surface area (Å²) in [7, 11) is 0. The maximum atomic E-state index is 13.2. The summed E-state index contributed by atoms with van der Waals surface area (Å²) < 4.78 is 13.2. The van der Waals surface area contributed by atoms with E-state index in [4.69, 9.17) is 17.3 Å². The molecule has 1 heterocycles. The second-order valence-electron chi connectivity index (χ2n) is 3.55. The van der Waals surface area contributed by atoms with Gasteiger partial charge in [0.25, 0.3) is 5.91 Å². The number of rotatable bonds is 2. The van der Waals surface area contributed by atoms with Gasteiger partial charge in [0.15, 0.2) is 5.13 Å². The molecule has 0 saturated heterocycles. The number of anilines is 2. The molecule has 1 amide bonds. The van der Waals surface area contributed by atoms with Crippen molar-refractivity contribution in [3.8, 4) is 0 Å². The van der Waals surface area contributed by atoms with Gasteiger partial charge in [0.1, 0.15) is 10.7 Å². The number of hydrogen-bond acceptors (Lipinski definition) is 4. The number of hydrogen-bond donors (Lipinski definition) is 2. The van der Waals surface area contributed by atoms with Crippen LogP contribution in [0.4, 0.5) is 15.2 Å². The Kier molecular flexibility index (Phi) is 3.49. The molecule has 3 N–H and O–H groups in total. The van der Waals surface area contributed by atoms with Crippen LogP contribution in [-0.2, 0) is 0 Å². The molecule has 0 atom stereocenters. The largest absolute Gasteiger partial charge is 0.375 e. The number of carbonyl (C=O) groups excluding carboxylic acids is 1. The number of halogens is 2. The van der Waals surface area contributed by atoms with Crippen molar-refractivity contribution in [2.75, 3.05) is 11.1 Å². The number of aryl methyl sites for hydroxylation is 1. The highest BCUT2D eigenvalue weighted by molar-refractivity contribution is 7.17. The number of nitrogen functional groups attached to an aromatic ring is 1. The molecular formula is C11H9ClFN3OS. The third-order valence-electron chi connectivity index (χ3n) is 2.20. The highest BCUT2D eigenvalue weighted by Crippen LogP contribution is 2.23. The molecule has 7 heteroatoms. The Morgan fingerprint density at radius 3 is 2.83 bits per heavy atom. The minimum atomic E-state index is -0.588. The maximum absolute atomic E-state index is 13.2. The number of thiazole rings is 1. The second kappa shape index (κ2) is 4.91. The average Bonchev–Trinajstić information content (AvgIpc) is 2.63. The second-order valence-corrected chi connectivity index (χ2v) is 4.99. The van der Waals surface area contributed by atoms with Crippen molar-refractivity contribution in [2.24, 2.45) is 0 Å². The maximum Gasteiger partial charge on any atom is 0.267 e. The number of nitrogens with zero attached hydrogens (tertiary/aromatic N) is 1. The van der Waals surface area contributed by atoms with Gasteiger partial charge in [0.05, 0.1) is 10.7 Å². The fourth-order valence-corrected chi connectivity index (χ4v) is 2.24. The molecule has 0 fully saturated rings. The van der Waals surface area contributed by atoms with E-state index in [9.17, 15) is 9.18 Å². The molecular weight excluding hydrogens is 277 g/mol. The van der Waals surface area contributed by atoms with Gasteiger partial charge in [-0.1, -0.05) is 22.9 Å². The zero-order chi connectivity index (χ0) is 13.3. The summed E-state index contributed by atoms with van der Waals surface area (Å²) in [5.74, 6) is -0.960. The molecule has 2 aromatic rings. The smallest absolute Gasteiger partial charge is 0.267 e. The van der Waals surface area contributed by atoms with Crippen molar-refractivity contribution in [3.05, 3.63) is 39.6 Å². The highest BCUT2D eigenvalue weighted by atomic mass is 35.5. The number of benzene rings is 1. The topological polar surface area (TPSA) is 68.0 Å². The van der Waals surface area contributed by atoms with Crippen LogP contribution in [0.5, 0.6) is 0 Å². The molecule has 0 saturated carbocycles. The lowest BCUT2D eigenvalue weighted by Crippen LogP contribution is -2.11. The first-order valence-corrected chi connectivity index (χ1v) is 6.16. The van der Waals surface area contributed by atoms with Gasteiger partial charge >= 0.3 is 0 Å². The SMILES string of the molecule is Cc1nc(N)sc1C(=O)Nc1ccc(Cl)c(F)c1. The van der Waals surface area contributed by atoms with E-state index in [2.05, 4.69) is 10.3 Å². The summed E-state index contributed by atoms with van der Waals surface area (Å²) in [4.78, 5) is 16.2. The van der Waals surface area contributed by atoms with Gasteiger partial charge < -0.3 is 11.1 Å². The molecule has 18 heavy (non-hydrogen) atoms. The Labute approximate surface area is 112 Å². The molecule has 0 unspecified atom stereocenters. The number of aromatic nitrogens is 1. The van der Waals surface area contributed by atoms with Crippen molar-refractivity contribution < 1.29 is 9.18 Å². The summed E-state index contributed by atoms with van der Waals surface area (Å²) in [6, 6.07) is 4.05. The van der Waals surface area contributed by atoms with Gasteiger partial charge in [-0.25, -0.2) is 9.37 Å². The molecule has 0 radical (unpaired) electrons. The van der Waals surface area contributed by atoms with E-state index < -0.39 is 5.82 Å². The molecule has 0 aliphatic rings. The van der Waals surface area contributed by atoms with Gasteiger partial charge in [-0.2, -0.15) is 0 Å². The van der Waals surface area contributed by atoms with Gasteiger partial charge in [0, 0.05) is 5.69 Å².